The van der Waals surface area contributed by atoms with Crippen LogP contribution in [0.15, 0.2) is 23.1 Å². The van der Waals surface area contributed by atoms with Crippen LogP contribution in [0.5, 0.6) is 0 Å². The van der Waals surface area contributed by atoms with E-state index in [0.717, 1.165) is 11.1 Å². The van der Waals surface area contributed by atoms with Gasteiger partial charge in [0, 0.05) is 19.2 Å². The van der Waals surface area contributed by atoms with Gasteiger partial charge in [0.1, 0.15) is 6.61 Å². The molecule has 0 aromatic heterocycles. The van der Waals surface area contributed by atoms with Gasteiger partial charge in [0.05, 0.1) is 4.90 Å². The second kappa shape index (κ2) is 6.89. The molecule has 0 aliphatic rings. The Morgan fingerprint density at radius 2 is 2.00 bits per heavy atom. The highest BCUT2D eigenvalue weighted by molar-refractivity contribution is 7.89. The van der Waals surface area contributed by atoms with Crippen molar-refractivity contribution < 1.29 is 13.5 Å². The molecule has 0 radical (unpaired) electrons. The third-order valence-electron chi connectivity index (χ3n) is 2.83. The van der Waals surface area contributed by atoms with Crippen LogP contribution < -0.4 is 0 Å². The predicted octanol–water partition coefficient (Wildman–Crippen LogP) is 1.62. The van der Waals surface area contributed by atoms with Crippen molar-refractivity contribution in [1.82, 2.24) is 4.31 Å². The first-order chi connectivity index (χ1) is 9.28. The van der Waals surface area contributed by atoms with Crippen molar-refractivity contribution in [3.8, 4) is 11.8 Å². The summed E-state index contributed by atoms with van der Waals surface area (Å²) >= 11 is 0. The van der Waals surface area contributed by atoms with Crippen LogP contribution in [0.3, 0.4) is 0 Å². The minimum atomic E-state index is -3.46. The van der Waals surface area contributed by atoms with Gasteiger partial charge in [-0.2, -0.15) is 0 Å². The highest BCUT2D eigenvalue weighted by Gasteiger charge is 2.21. The molecule has 0 spiro atoms. The molecular formula is C15H21NO3S. The zero-order chi connectivity index (χ0) is 15.3. The number of aliphatic hydroxyl groups excluding tert-OH is 1. The Labute approximate surface area is 121 Å². The van der Waals surface area contributed by atoms with E-state index in [9.17, 15) is 8.42 Å². The van der Waals surface area contributed by atoms with E-state index < -0.39 is 10.0 Å². The van der Waals surface area contributed by atoms with Crippen LogP contribution in [0, 0.1) is 24.7 Å². The van der Waals surface area contributed by atoms with Crippen molar-refractivity contribution in [2.45, 2.75) is 25.7 Å². The molecule has 0 saturated heterocycles. The van der Waals surface area contributed by atoms with E-state index >= 15 is 0 Å². The first-order valence-electron chi connectivity index (χ1n) is 6.45. The molecular weight excluding hydrogens is 274 g/mol. The zero-order valence-electron chi connectivity index (χ0n) is 12.3. The SMILES string of the molecule is Cc1cc(S(=O)(=O)N(C)CC(C)C)ccc1C#CCO. The fourth-order valence-electron chi connectivity index (χ4n) is 1.86. The summed E-state index contributed by atoms with van der Waals surface area (Å²) in [5.74, 6) is 5.62. The van der Waals surface area contributed by atoms with Gasteiger partial charge in [0.2, 0.25) is 10.0 Å². The molecule has 4 nitrogen and oxygen atoms in total. The van der Waals surface area contributed by atoms with E-state index in [2.05, 4.69) is 11.8 Å². The lowest BCUT2D eigenvalue weighted by Crippen LogP contribution is -2.30. The van der Waals surface area contributed by atoms with Crippen LogP contribution in [-0.4, -0.2) is 38.0 Å². The van der Waals surface area contributed by atoms with E-state index in [-0.39, 0.29) is 17.4 Å². The monoisotopic (exact) mass is 295 g/mol. The molecule has 0 aliphatic heterocycles. The molecule has 0 amide bonds. The number of nitrogens with zero attached hydrogens (tertiary/aromatic N) is 1. The number of sulfonamides is 1. The molecule has 0 fully saturated rings. The molecule has 0 aliphatic carbocycles. The summed E-state index contributed by atoms with van der Waals surface area (Å²) in [6.07, 6.45) is 0. The van der Waals surface area contributed by atoms with Gasteiger partial charge in [-0.05, 0) is 36.6 Å². The molecule has 1 rings (SSSR count). The summed E-state index contributed by atoms with van der Waals surface area (Å²) in [6, 6.07) is 4.85. The van der Waals surface area contributed by atoms with Gasteiger partial charge in [-0.1, -0.05) is 25.7 Å². The number of aryl methyl sites for hydroxylation is 1. The molecule has 1 N–H and O–H groups in total. The molecule has 1 aromatic rings. The highest BCUT2D eigenvalue weighted by Crippen LogP contribution is 2.19. The van der Waals surface area contributed by atoms with Crippen LogP contribution in [0.2, 0.25) is 0 Å². The maximum Gasteiger partial charge on any atom is 0.242 e. The minimum absolute atomic E-state index is 0.212. The summed E-state index contributed by atoms with van der Waals surface area (Å²) in [5, 5.41) is 8.68. The molecule has 1 aromatic carbocycles. The Hall–Kier alpha value is -1.35. The third-order valence-corrected chi connectivity index (χ3v) is 4.65. The molecule has 110 valence electrons. The van der Waals surface area contributed by atoms with E-state index in [4.69, 9.17) is 5.11 Å². The van der Waals surface area contributed by atoms with E-state index in [1.54, 1.807) is 25.2 Å². The number of aliphatic hydroxyl groups is 1. The number of hydrogen-bond acceptors (Lipinski definition) is 3. The topological polar surface area (TPSA) is 57.6 Å². The summed E-state index contributed by atoms with van der Waals surface area (Å²) in [6.45, 7) is 6.03. The Morgan fingerprint density at radius 1 is 1.35 bits per heavy atom. The van der Waals surface area contributed by atoms with E-state index in [0.29, 0.717) is 6.54 Å². The Kier molecular flexibility index (Phi) is 5.75. The van der Waals surface area contributed by atoms with Crippen LogP contribution >= 0.6 is 0 Å². The zero-order valence-corrected chi connectivity index (χ0v) is 13.2. The van der Waals surface area contributed by atoms with Crippen LogP contribution in [-0.2, 0) is 10.0 Å². The fraction of sp³-hybridized carbons (Fsp3) is 0.467. The molecule has 0 saturated carbocycles. The average Bonchev–Trinajstić information content (AvgIpc) is 2.36. The van der Waals surface area contributed by atoms with Crippen molar-refractivity contribution in [2.24, 2.45) is 5.92 Å². The van der Waals surface area contributed by atoms with Crippen molar-refractivity contribution in [1.29, 1.82) is 0 Å². The molecule has 0 atom stereocenters. The van der Waals surface area contributed by atoms with Gasteiger partial charge in [0.15, 0.2) is 0 Å². The molecule has 0 heterocycles. The Balaban J connectivity index is 3.12. The quantitative estimate of drug-likeness (QED) is 0.859. The summed E-state index contributed by atoms with van der Waals surface area (Å²) in [7, 11) is -1.87. The summed E-state index contributed by atoms with van der Waals surface area (Å²) < 4.78 is 26.2. The lowest BCUT2D eigenvalue weighted by Gasteiger charge is -2.19. The predicted molar refractivity (Wildman–Crippen MR) is 79.8 cm³/mol. The second-order valence-electron chi connectivity index (χ2n) is 5.12. The number of rotatable bonds is 4. The number of benzene rings is 1. The molecule has 0 bridgehead atoms. The lowest BCUT2D eigenvalue weighted by molar-refractivity contribution is 0.350. The molecule has 0 unspecified atom stereocenters. The largest absolute Gasteiger partial charge is 0.384 e. The van der Waals surface area contributed by atoms with E-state index in [1.807, 2.05) is 20.8 Å². The van der Waals surface area contributed by atoms with Crippen molar-refractivity contribution in [2.75, 3.05) is 20.2 Å². The van der Waals surface area contributed by atoms with Gasteiger partial charge >= 0.3 is 0 Å². The fourth-order valence-corrected chi connectivity index (χ4v) is 3.28. The van der Waals surface area contributed by atoms with Crippen LogP contribution in [0.25, 0.3) is 0 Å². The second-order valence-corrected chi connectivity index (χ2v) is 7.16. The van der Waals surface area contributed by atoms with Gasteiger partial charge < -0.3 is 5.11 Å². The first kappa shape index (κ1) is 16.7. The third kappa shape index (κ3) is 4.07. The number of hydrogen-bond donors (Lipinski definition) is 1. The van der Waals surface area contributed by atoms with Crippen LogP contribution in [0.4, 0.5) is 0 Å². The smallest absolute Gasteiger partial charge is 0.242 e. The van der Waals surface area contributed by atoms with Crippen LogP contribution in [0.1, 0.15) is 25.0 Å². The first-order valence-corrected chi connectivity index (χ1v) is 7.89. The lowest BCUT2D eigenvalue weighted by atomic mass is 10.1. The summed E-state index contributed by atoms with van der Waals surface area (Å²) in [5.41, 5.74) is 1.51. The molecule has 20 heavy (non-hydrogen) atoms. The standard InChI is InChI=1S/C15H21NO3S/c1-12(2)11-16(4)20(18,19)15-8-7-14(6-5-9-17)13(3)10-15/h7-8,10,12,17H,9,11H2,1-4H3. The molecule has 5 heteroatoms. The minimum Gasteiger partial charge on any atom is -0.384 e. The van der Waals surface area contributed by atoms with Crippen molar-refractivity contribution in [3.05, 3.63) is 29.3 Å². The van der Waals surface area contributed by atoms with E-state index in [1.165, 1.54) is 4.31 Å². The maximum atomic E-state index is 12.4. The summed E-state index contributed by atoms with van der Waals surface area (Å²) in [4.78, 5) is 0.271. The normalized spacial score (nSPS) is 11.6. The van der Waals surface area contributed by atoms with Gasteiger partial charge in [-0.15, -0.1) is 0 Å². The van der Waals surface area contributed by atoms with Gasteiger partial charge in [-0.3, -0.25) is 0 Å². The Morgan fingerprint density at radius 3 is 2.50 bits per heavy atom. The van der Waals surface area contributed by atoms with Crippen molar-refractivity contribution in [3.63, 3.8) is 0 Å². The maximum absolute atomic E-state index is 12.4. The highest BCUT2D eigenvalue weighted by atomic mass is 32.2. The average molecular weight is 295 g/mol. The van der Waals surface area contributed by atoms with Crippen molar-refractivity contribution >= 4 is 10.0 Å². The van der Waals surface area contributed by atoms with Gasteiger partial charge in [0.25, 0.3) is 0 Å². The van der Waals surface area contributed by atoms with Gasteiger partial charge in [-0.25, -0.2) is 12.7 Å². The Bertz CT molecular complexity index is 624.